The van der Waals surface area contributed by atoms with Crippen molar-refractivity contribution in [1.29, 1.82) is 0 Å². The second-order valence-electron chi connectivity index (χ2n) is 6.22. The number of fused-ring (bicyclic) bond motifs is 1. The van der Waals surface area contributed by atoms with Gasteiger partial charge >= 0.3 is 6.18 Å². The number of rotatable bonds is 3. The molecule has 1 heterocycles. The van der Waals surface area contributed by atoms with Crippen LogP contribution < -0.4 is 4.74 Å². The van der Waals surface area contributed by atoms with Crippen LogP contribution in [0.3, 0.4) is 0 Å². The lowest BCUT2D eigenvalue weighted by molar-refractivity contribution is -0.137. The number of hydrogen-bond donors (Lipinski definition) is 0. The van der Waals surface area contributed by atoms with Crippen LogP contribution >= 0.6 is 15.9 Å². The Bertz CT molecular complexity index is 928. The molecule has 0 aliphatic carbocycles. The largest absolute Gasteiger partial charge is 0.491 e. The van der Waals surface area contributed by atoms with Gasteiger partial charge < -0.3 is 9.30 Å². The van der Waals surface area contributed by atoms with Crippen LogP contribution in [0.15, 0.2) is 47.1 Å². The van der Waals surface area contributed by atoms with Crippen LogP contribution in [0.25, 0.3) is 16.6 Å². The third kappa shape index (κ3) is 3.68. The Hall–Kier alpha value is -1.95. The molecule has 0 spiro atoms. The van der Waals surface area contributed by atoms with E-state index in [9.17, 15) is 13.2 Å². The molecule has 0 amide bonds. The predicted molar refractivity (Wildman–Crippen MR) is 96.5 cm³/mol. The van der Waals surface area contributed by atoms with Crippen molar-refractivity contribution in [3.05, 3.63) is 58.2 Å². The first-order valence-corrected chi connectivity index (χ1v) is 8.61. The van der Waals surface area contributed by atoms with Gasteiger partial charge in [-0.25, -0.2) is 0 Å². The lowest BCUT2D eigenvalue weighted by atomic mass is 10.1. The minimum Gasteiger partial charge on any atom is -0.491 e. The molecule has 0 bridgehead atoms. The molecule has 3 aromatic rings. The van der Waals surface area contributed by atoms with E-state index in [2.05, 4.69) is 15.9 Å². The summed E-state index contributed by atoms with van der Waals surface area (Å²) in [5.74, 6) is 0.700. The Morgan fingerprint density at radius 2 is 1.80 bits per heavy atom. The fraction of sp³-hybridized carbons (Fsp3) is 0.263. The normalized spacial score (nSPS) is 12.2. The van der Waals surface area contributed by atoms with Gasteiger partial charge in [-0.2, -0.15) is 13.2 Å². The smallest absolute Gasteiger partial charge is 0.416 e. The van der Waals surface area contributed by atoms with Crippen LogP contribution in [0.5, 0.6) is 5.75 Å². The molecular formula is C19H17BrF3NO. The minimum absolute atomic E-state index is 0.0274. The SMILES string of the molecule is Cc1cn(-c2cc(Br)cc(OC(C)C)c2)c2ccc(C(F)(F)F)cc12. The summed E-state index contributed by atoms with van der Waals surface area (Å²) in [5.41, 5.74) is 1.69. The van der Waals surface area contributed by atoms with Gasteiger partial charge in [0.25, 0.3) is 0 Å². The molecule has 25 heavy (non-hydrogen) atoms. The van der Waals surface area contributed by atoms with Crippen LogP contribution in [0.4, 0.5) is 13.2 Å². The summed E-state index contributed by atoms with van der Waals surface area (Å²) in [5, 5.41) is 0.584. The maximum absolute atomic E-state index is 13.0. The molecule has 3 rings (SSSR count). The van der Waals surface area contributed by atoms with Crippen molar-refractivity contribution in [1.82, 2.24) is 4.57 Å². The summed E-state index contributed by atoms with van der Waals surface area (Å²) < 4.78 is 47.4. The Balaban J connectivity index is 2.15. The number of ether oxygens (including phenoxy) is 1. The molecule has 0 fully saturated rings. The van der Waals surface area contributed by atoms with Crippen molar-refractivity contribution >= 4 is 26.8 Å². The Morgan fingerprint density at radius 1 is 1.08 bits per heavy atom. The molecule has 6 heteroatoms. The van der Waals surface area contributed by atoms with E-state index in [4.69, 9.17) is 4.74 Å². The number of aryl methyl sites for hydroxylation is 1. The molecule has 2 aromatic carbocycles. The zero-order valence-corrected chi connectivity index (χ0v) is 15.6. The van der Waals surface area contributed by atoms with Crippen LogP contribution in [-0.4, -0.2) is 10.7 Å². The highest BCUT2D eigenvalue weighted by atomic mass is 79.9. The fourth-order valence-electron chi connectivity index (χ4n) is 2.81. The third-order valence-electron chi connectivity index (χ3n) is 3.84. The van der Waals surface area contributed by atoms with E-state index in [-0.39, 0.29) is 6.10 Å². The topological polar surface area (TPSA) is 14.2 Å². The molecule has 0 unspecified atom stereocenters. The van der Waals surface area contributed by atoms with Gasteiger partial charge in [-0.05, 0) is 56.7 Å². The molecule has 0 saturated carbocycles. The lowest BCUT2D eigenvalue weighted by Gasteiger charge is -2.13. The summed E-state index contributed by atoms with van der Waals surface area (Å²) in [7, 11) is 0. The highest BCUT2D eigenvalue weighted by Gasteiger charge is 2.30. The lowest BCUT2D eigenvalue weighted by Crippen LogP contribution is -2.06. The molecule has 2 nitrogen and oxygen atoms in total. The standard InChI is InChI=1S/C19H17BrF3NO/c1-11(2)25-16-8-14(20)7-15(9-16)24-10-12(3)17-6-13(19(21,22)23)4-5-18(17)24/h4-11H,1-3H3. The summed E-state index contributed by atoms with van der Waals surface area (Å²) in [6, 6.07) is 9.47. The average molecular weight is 412 g/mol. The van der Waals surface area contributed by atoms with Gasteiger partial charge in [-0.1, -0.05) is 15.9 Å². The van der Waals surface area contributed by atoms with Crippen molar-refractivity contribution in [2.24, 2.45) is 0 Å². The first-order chi connectivity index (χ1) is 11.6. The minimum atomic E-state index is -4.35. The second-order valence-corrected chi connectivity index (χ2v) is 7.14. The molecule has 0 saturated heterocycles. The van der Waals surface area contributed by atoms with Crippen molar-refractivity contribution < 1.29 is 17.9 Å². The number of alkyl halides is 3. The zero-order valence-electron chi connectivity index (χ0n) is 14.0. The van der Waals surface area contributed by atoms with Gasteiger partial charge in [0.15, 0.2) is 0 Å². The Kier molecular flexibility index (Phi) is 4.58. The molecule has 0 aliphatic heterocycles. The van der Waals surface area contributed by atoms with E-state index in [1.807, 2.05) is 49.7 Å². The summed E-state index contributed by atoms with van der Waals surface area (Å²) >= 11 is 3.47. The molecule has 0 atom stereocenters. The van der Waals surface area contributed by atoms with Crippen LogP contribution in [0.2, 0.25) is 0 Å². The number of hydrogen-bond acceptors (Lipinski definition) is 1. The van der Waals surface area contributed by atoms with Crippen molar-refractivity contribution in [2.45, 2.75) is 33.1 Å². The first-order valence-electron chi connectivity index (χ1n) is 7.81. The molecule has 0 N–H and O–H groups in total. The van der Waals surface area contributed by atoms with E-state index in [0.29, 0.717) is 11.1 Å². The Morgan fingerprint density at radius 3 is 2.44 bits per heavy atom. The quantitative estimate of drug-likeness (QED) is 0.479. The first kappa shape index (κ1) is 17.9. The van der Waals surface area contributed by atoms with Crippen molar-refractivity contribution in [2.75, 3.05) is 0 Å². The number of aromatic nitrogens is 1. The van der Waals surface area contributed by atoms with Gasteiger partial charge in [-0.15, -0.1) is 0 Å². The van der Waals surface area contributed by atoms with Crippen LogP contribution in [-0.2, 0) is 6.18 Å². The predicted octanol–water partition coefficient (Wildman–Crippen LogP) is 6.51. The molecule has 132 valence electrons. The van der Waals surface area contributed by atoms with E-state index in [0.717, 1.165) is 27.3 Å². The maximum atomic E-state index is 13.0. The highest BCUT2D eigenvalue weighted by Crippen LogP contribution is 2.34. The van der Waals surface area contributed by atoms with Gasteiger partial charge in [0, 0.05) is 22.1 Å². The molecule has 1 aromatic heterocycles. The molecular weight excluding hydrogens is 395 g/mol. The van der Waals surface area contributed by atoms with Gasteiger partial charge in [0.1, 0.15) is 5.75 Å². The summed E-state index contributed by atoms with van der Waals surface area (Å²) in [6.07, 6.45) is -2.48. The van der Waals surface area contributed by atoms with E-state index < -0.39 is 11.7 Å². The maximum Gasteiger partial charge on any atom is 0.416 e. The van der Waals surface area contributed by atoms with Crippen molar-refractivity contribution in [3.63, 3.8) is 0 Å². The van der Waals surface area contributed by atoms with Crippen molar-refractivity contribution in [3.8, 4) is 11.4 Å². The number of halogens is 4. The summed E-state index contributed by atoms with van der Waals surface area (Å²) in [6.45, 7) is 5.69. The fourth-order valence-corrected chi connectivity index (χ4v) is 3.27. The van der Waals surface area contributed by atoms with Gasteiger partial charge in [-0.3, -0.25) is 0 Å². The number of nitrogens with zero attached hydrogens (tertiary/aromatic N) is 1. The van der Waals surface area contributed by atoms with Crippen LogP contribution in [0, 0.1) is 6.92 Å². The summed E-state index contributed by atoms with van der Waals surface area (Å²) in [4.78, 5) is 0. The van der Waals surface area contributed by atoms with E-state index >= 15 is 0 Å². The zero-order chi connectivity index (χ0) is 18.4. The number of benzene rings is 2. The van der Waals surface area contributed by atoms with E-state index in [1.165, 1.54) is 12.1 Å². The Labute approximate surface area is 152 Å². The highest BCUT2D eigenvalue weighted by molar-refractivity contribution is 9.10. The second kappa shape index (κ2) is 6.41. The molecule has 0 radical (unpaired) electrons. The van der Waals surface area contributed by atoms with Gasteiger partial charge in [0.2, 0.25) is 0 Å². The third-order valence-corrected chi connectivity index (χ3v) is 4.29. The van der Waals surface area contributed by atoms with E-state index in [1.54, 1.807) is 0 Å². The average Bonchev–Trinajstić information content (AvgIpc) is 2.82. The van der Waals surface area contributed by atoms with Crippen LogP contribution in [0.1, 0.15) is 25.0 Å². The molecule has 0 aliphatic rings. The monoisotopic (exact) mass is 411 g/mol. The van der Waals surface area contributed by atoms with Gasteiger partial charge in [0.05, 0.1) is 22.9 Å².